The largest absolute Gasteiger partial charge is 0.456 e. The molecular formula is C60H50N2O. The van der Waals surface area contributed by atoms with Crippen molar-refractivity contribution in [1.82, 2.24) is 4.57 Å². The van der Waals surface area contributed by atoms with E-state index in [1.54, 1.807) is 0 Å². The van der Waals surface area contributed by atoms with E-state index in [1.165, 1.54) is 50.1 Å². The summed E-state index contributed by atoms with van der Waals surface area (Å²) in [6.07, 6.45) is 21.3. The fourth-order valence-electron chi connectivity index (χ4n) is 9.46. The highest BCUT2D eigenvalue weighted by Gasteiger charge is 2.25. The molecule has 0 fully saturated rings. The summed E-state index contributed by atoms with van der Waals surface area (Å²) in [5.41, 5.74) is 17.7. The molecule has 3 nitrogen and oxygen atoms in total. The number of furan rings is 1. The van der Waals surface area contributed by atoms with Crippen LogP contribution < -0.4 is 10.6 Å². The van der Waals surface area contributed by atoms with E-state index in [9.17, 15) is 0 Å². The van der Waals surface area contributed by atoms with Crippen LogP contribution in [0.4, 0.5) is 0 Å². The van der Waals surface area contributed by atoms with E-state index in [4.69, 9.17) is 9.41 Å². The van der Waals surface area contributed by atoms with Crippen LogP contribution in [0, 0.1) is 5.92 Å². The molecule has 2 unspecified atom stereocenters. The Morgan fingerprint density at radius 3 is 2.06 bits per heavy atom. The predicted octanol–water partition coefficient (Wildman–Crippen LogP) is 14.6. The van der Waals surface area contributed by atoms with Gasteiger partial charge >= 0.3 is 0 Å². The average Bonchev–Trinajstić information content (AvgIpc) is 3.85. The lowest BCUT2D eigenvalue weighted by atomic mass is 9.83. The van der Waals surface area contributed by atoms with E-state index in [-0.39, 0.29) is 5.92 Å². The maximum absolute atomic E-state index is 6.60. The molecule has 0 N–H and O–H groups in total. The summed E-state index contributed by atoms with van der Waals surface area (Å²) in [6.45, 7) is 11.2. The molecule has 0 amide bonds. The molecule has 2 atom stereocenters. The fourth-order valence-corrected chi connectivity index (χ4v) is 9.46. The summed E-state index contributed by atoms with van der Waals surface area (Å²) in [5.74, 6) is 0.508. The maximum atomic E-state index is 6.60. The number of rotatable bonds is 9. The van der Waals surface area contributed by atoms with Gasteiger partial charge in [-0.15, -0.1) is 0 Å². The Balaban J connectivity index is 1.12. The second-order valence-electron chi connectivity index (χ2n) is 16.8. The van der Waals surface area contributed by atoms with Crippen molar-refractivity contribution in [3.63, 3.8) is 0 Å². The average molecular weight is 815 g/mol. The lowest BCUT2D eigenvalue weighted by Crippen LogP contribution is -2.21. The van der Waals surface area contributed by atoms with Gasteiger partial charge in [0.2, 0.25) is 0 Å². The Hall–Kier alpha value is -7.49. The molecule has 0 saturated carbocycles. The van der Waals surface area contributed by atoms with Crippen LogP contribution in [0.25, 0.3) is 79.2 Å². The van der Waals surface area contributed by atoms with E-state index in [0.717, 1.165) is 62.4 Å². The van der Waals surface area contributed by atoms with Gasteiger partial charge in [-0.25, -0.2) is 0 Å². The highest BCUT2D eigenvalue weighted by molar-refractivity contribution is 6.07. The first kappa shape index (κ1) is 39.6. The quantitative estimate of drug-likeness (QED) is 0.134. The minimum Gasteiger partial charge on any atom is -0.456 e. The molecule has 0 aliphatic heterocycles. The first-order chi connectivity index (χ1) is 30.9. The Bertz CT molecular complexity index is 3260. The molecular weight excluding hydrogens is 765 g/mol. The van der Waals surface area contributed by atoms with Crippen molar-refractivity contribution >= 4 is 45.8 Å². The summed E-state index contributed by atoms with van der Waals surface area (Å²) in [4.78, 5) is 5.49. The van der Waals surface area contributed by atoms with E-state index >= 15 is 0 Å². The van der Waals surface area contributed by atoms with Gasteiger partial charge in [0.25, 0.3) is 0 Å². The van der Waals surface area contributed by atoms with Crippen LogP contribution in [0.2, 0.25) is 0 Å². The van der Waals surface area contributed by atoms with Crippen molar-refractivity contribution in [1.29, 1.82) is 0 Å². The number of hydrogen-bond acceptors (Lipinski definition) is 2. The second kappa shape index (κ2) is 17.1. The topological polar surface area (TPSA) is 30.4 Å². The Morgan fingerprint density at radius 1 is 0.714 bits per heavy atom. The highest BCUT2D eigenvalue weighted by atomic mass is 16.3. The molecule has 0 radical (unpaired) electrons. The van der Waals surface area contributed by atoms with Crippen molar-refractivity contribution in [2.24, 2.45) is 10.9 Å². The number of hydrogen-bond donors (Lipinski definition) is 0. The first-order valence-electron chi connectivity index (χ1n) is 22.1. The maximum Gasteiger partial charge on any atom is 0.135 e. The smallest absolute Gasteiger partial charge is 0.135 e. The predicted molar refractivity (Wildman–Crippen MR) is 268 cm³/mol. The summed E-state index contributed by atoms with van der Waals surface area (Å²) >= 11 is 0. The van der Waals surface area contributed by atoms with Crippen LogP contribution >= 0.6 is 0 Å². The normalized spacial score (nSPS) is 16.9. The number of allylic oxidation sites excluding steroid dienone is 8. The molecule has 6 aromatic carbocycles. The molecule has 2 aliphatic rings. The molecule has 2 aliphatic carbocycles. The molecule has 0 spiro atoms. The van der Waals surface area contributed by atoms with Crippen LogP contribution in [0.15, 0.2) is 209 Å². The fraction of sp³-hybridized carbons (Fsp3) is 0.117. The number of aromatic nitrogens is 1. The molecule has 10 rings (SSSR count). The van der Waals surface area contributed by atoms with E-state index in [1.807, 2.05) is 25.2 Å². The SMILES string of the molecule is C=C(C=c1/c(=C\C=C/C)oc2ccc(-c3ccc4c(c3)c3c(n4-c4ccccc4)C=CCC3C)cc12)N=C(c1cc(-c2ccccc2)cc(-c2ccccc2)c1)C1CC=CC=C1C. The van der Waals surface area contributed by atoms with E-state index in [2.05, 4.69) is 207 Å². The molecule has 8 aromatic rings. The van der Waals surface area contributed by atoms with Gasteiger partial charge in [0.05, 0.1) is 16.9 Å². The van der Waals surface area contributed by atoms with Crippen molar-refractivity contribution in [2.45, 2.75) is 39.5 Å². The van der Waals surface area contributed by atoms with Crippen molar-refractivity contribution in [3.8, 4) is 39.1 Å². The van der Waals surface area contributed by atoms with Gasteiger partial charge < -0.3 is 8.98 Å². The number of nitrogens with zero attached hydrogens (tertiary/aromatic N) is 2. The third-order valence-corrected chi connectivity index (χ3v) is 12.6. The van der Waals surface area contributed by atoms with Gasteiger partial charge in [0.15, 0.2) is 0 Å². The lowest BCUT2D eigenvalue weighted by Gasteiger charge is -2.23. The monoisotopic (exact) mass is 814 g/mol. The minimum absolute atomic E-state index is 0.0900. The zero-order valence-corrected chi connectivity index (χ0v) is 36.1. The molecule has 2 aromatic heterocycles. The highest BCUT2D eigenvalue weighted by Crippen LogP contribution is 2.41. The first-order valence-corrected chi connectivity index (χ1v) is 22.1. The second-order valence-corrected chi connectivity index (χ2v) is 16.8. The molecule has 63 heavy (non-hydrogen) atoms. The van der Waals surface area contributed by atoms with E-state index < -0.39 is 0 Å². The number of fused-ring (bicyclic) bond motifs is 4. The van der Waals surface area contributed by atoms with E-state index in [0.29, 0.717) is 11.6 Å². The Labute approximate surface area is 370 Å². The van der Waals surface area contributed by atoms with Gasteiger partial charge in [-0.3, -0.25) is 4.99 Å². The van der Waals surface area contributed by atoms with Crippen LogP contribution in [0.5, 0.6) is 0 Å². The van der Waals surface area contributed by atoms with Crippen molar-refractivity contribution < 1.29 is 4.42 Å². The number of aliphatic imine (C=N–C) groups is 1. The van der Waals surface area contributed by atoms with Crippen LogP contribution in [0.1, 0.15) is 56.4 Å². The summed E-state index contributed by atoms with van der Waals surface area (Å²) in [6, 6.07) is 52.3. The van der Waals surface area contributed by atoms with Crippen molar-refractivity contribution in [2.75, 3.05) is 0 Å². The molecule has 0 bridgehead atoms. The molecule has 306 valence electrons. The summed E-state index contributed by atoms with van der Waals surface area (Å²) in [7, 11) is 0. The lowest BCUT2D eigenvalue weighted by molar-refractivity contribution is 0.575. The van der Waals surface area contributed by atoms with Gasteiger partial charge in [0.1, 0.15) is 11.0 Å². The minimum atomic E-state index is 0.0900. The molecule has 0 saturated heterocycles. The molecule has 3 heteroatoms. The summed E-state index contributed by atoms with van der Waals surface area (Å²) < 4.78 is 9.01. The van der Waals surface area contributed by atoms with Gasteiger partial charge in [0, 0.05) is 33.3 Å². The number of para-hydroxylation sites is 1. The van der Waals surface area contributed by atoms with Crippen LogP contribution in [0.3, 0.4) is 0 Å². The zero-order chi connectivity index (χ0) is 42.9. The third-order valence-electron chi connectivity index (χ3n) is 12.6. The van der Waals surface area contributed by atoms with Crippen LogP contribution in [-0.2, 0) is 0 Å². The van der Waals surface area contributed by atoms with Gasteiger partial charge in [-0.2, -0.15) is 0 Å². The Morgan fingerprint density at radius 2 is 1.38 bits per heavy atom. The van der Waals surface area contributed by atoms with Crippen molar-refractivity contribution in [3.05, 3.63) is 227 Å². The summed E-state index contributed by atoms with van der Waals surface area (Å²) in [5, 5.41) is 3.29. The Kier molecular flexibility index (Phi) is 10.8. The molecule has 2 heterocycles. The zero-order valence-electron chi connectivity index (χ0n) is 36.1. The third kappa shape index (κ3) is 7.72. The van der Waals surface area contributed by atoms with Gasteiger partial charge in [-0.1, -0.05) is 147 Å². The van der Waals surface area contributed by atoms with Gasteiger partial charge in [-0.05, 0) is 150 Å². The van der Waals surface area contributed by atoms with Crippen LogP contribution in [-0.4, -0.2) is 10.3 Å². The number of benzene rings is 6. The standard InChI is InChI=1S/C60H50N2O/c1-5-6-29-57-52(53-38-46(31-33-58(53)63-57)45-30-32-55-54(39-45)59-41(3)20-18-28-56(59)62(55)50-25-14-9-15-26-50)34-42(4)61-60(51-27-17-16-19-40(51)2)49-36-47(43-21-10-7-11-22-43)35-48(37-49)44-23-12-8-13-24-44/h5-19,21-26,28-39,41,51H,4,20,27H2,1-3H3/b6-5-,52-34?,57-29+,61-60?.